The lowest BCUT2D eigenvalue weighted by molar-refractivity contribution is 0.0565. The zero-order valence-electron chi connectivity index (χ0n) is 16.2. The van der Waals surface area contributed by atoms with Crippen LogP contribution in [-0.2, 0) is 6.42 Å². The SMILES string of the molecule is CN(C[C@@H](O)Cc1ccccc1)C(=O)c1cncc(C#Cc2cnn(C(F)F)c2)c1. The van der Waals surface area contributed by atoms with Gasteiger partial charge in [-0.3, -0.25) is 9.78 Å². The van der Waals surface area contributed by atoms with Crippen molar-refractivity contribution in [1.29, 1.82) is 0 Å². The summed E-state index contributed by atoms with van der Waals surface area (Å²) in [5.41, 5.74) is 2.09. The van der Waals surface area contributed by atoms with Crippen molar-refractivity contribution in [3.05, 3.63) is 83.4 Å². The van der Waals surface area contributed by atoms with Crippen molar-refractivity contribution in [2.45, 2.75) is 19.1 Å². The van der Waals surface area contributed by atoms with E-state index in [1.165, 1.54) is 23.5 Å². The largest absolute Gasteiger partial charge is 0.391 e. The van der Waals surface area contributed by atoms with E-state index in [2.05, 4.69) is 21.9 Å². The number of halogens is 2. The van der Waals surface area contributed by atoms with Gasteiger partial charge in [-0.1, -0.05) is 42.2 Å². The molecule has 1 amide bonds. The van der Waals surface area contributed by atoms with Crippen LogP contribution in [0.4, 0.5) is 8.78 Å². The highest BCUT2D eigenvalue weighted by atomic mass is 19.3. The van der Waals surface area contributed by atoms with E-state index in [0.29, 0.717) is 27.8 Å². The van der Waals surface area contributed by atoms with Crippen LogP contribution in [0.3, 0.4) is 0 Å². The minimum atomic E-state index is -2.73. The molecule has 0 saturated carbocycles. The van der Waals surface area contributed by atoms with Crippen LogP contribution in [0.1, 0.15) is 33.6 Å². The maximum absolute atomic E-state index is 12.7. The van der Waals surface area contributed by atoms with Crippen LogP contribution < -0.4 is 0 Å². The number of aliphatic hydroxyl groups excluding tert-OH is 1. The van der Waals surface area contributed by atoms with Gasteiger partial charge in [-0.25, -0.2) is 4.68 Å². The first-order chi connectivity index (χ1) is 14.4. The van der Waals surface area contributed by atoms with Crippen LogP contribution in [0, 0.1) is 11.8 Å². The average Bonchev–Trinajstić information content (AvgIpc) is 3.22. The maximum Gasteiger partial charge on any atom is 0.333 e. The lowest BCUT2D eigenvalue weighted by atomic mass is 10.1. The number of aromatic nitrogens is 3. The fourth-order valence-corrected chi connectivity index (χ4v) is 2.85. The molecule has 2 aromatic heterocycles. The molecular weight excluding hydrogens is 390 g/mol. The first-order valence-electron chi connectivity index (χ1n) is 9.19. The molecule has 2 heterocycles. The van der Waals surface area contributed by atoms with Crippen molar-refractivity contribution in [2.75, 3.05) is 13.6 Å². The first kappa shape index (κ1) is 21.1. The molecule has 3 rings (SSSR count). The van der Waals surface area contributed by atoms with Gasteiger partial charge in [0.05, 0.1) is 23.4 Å². The van der Waals surface area contributed by atoms with E-state index in [0.717, 1.165) is 11.8 Å². The molecule has 0 bridgehead atoms. The van der Waals surface area contributed by atoms with Crippen molar-refractivity contribution >= 4 is 5.91 Å². The summed E-state index contributed by atoms with van der Waals surface area (Å²) in [5.74, 6) is 5.21. The second-order valence-electron chi connectivity index (χ2n) is 6.73. The molecule has 0 unspecified atom stereocenters. The van der Waals surface area contributed by atoms with E-state index >= 15 is 0 Å². The molecule has 0 radical (unpaired) electrons. The average molecular weight is 410 g/mol. The fourth-order valence-electron chi connectivity index (χ4n) is 2.85. The molecule has 154 valence electrons. The zero-order valence-corrected chi connectivity index (χ0v) is 16.2. The third-order valence-electron chi connectivity index (χ3n) is 4.28. The molecular formula is C22H20F2N4O2. The summed E-state index contributed by atoms with van der Waals surface area (Å²) in [5, 5.41) is 13.8. The molecule has 0 saturated heterocycles. The molecule has 1 aromatic carbocycles. The number of aliphatic hydroxyl groups is 1. The number of amides is 1. The second-order valence-corrected chi connectivity index (χ2v) is 6.73. The Morgan fingerprint density at radius 3 is 2.60 bits per heavy atom. The van der Waals surface area contributed by atoms with Gasteiger partial charge in [0.1, 0.15) is 0 Å². The van der Waals surface area contributed by atoms with Crippen LogP contribution >= 0.6 is 0 Å². The second kappa shape index (κ2) is 9.76. The van der Waals surface area contributed by atoms with Crippen molar-refractivity contribution in [3.8, 4) is 11.8 Å². The molecule has 0 fully saturated rings. The number of rotatable bonds is 6. The molecule has 1 N–H and O–H groups in total. The number of hydrogen-bond donors (Lipinski definition) is 1. The van der Waals surface area contributed by atoms with Crippen LogP contribution in [0.2, 0.25) is 0 Å². The van der Waals surface area contributed by atoms with Crippen molar-refractivity contribution in [3.63, 3.8) is 0 Å². The van der Waals surface area contributed by atoms with Gasteiger partial charge in [0.25, 0.3) is 5.91 Å². The van der Waals surface area contributed by atoms with Crippen LogP contribution in [0.15, 0.2) is 61.2 Å². The zero-order chi connectivity index (χ0) is 21.5. The molecule has 8 heteroatoms. The van der Waals surface area contributed by atoms with Gasteiger partial charge >= 0.3 is 6.55 Å². The summed E-state index contributed by atoms with van der Waals surface area (Å²) < 4.78 is 25.6. The Morgan fingerprint density at radius 1 is 1.17 bits per heavy atom. The van der Waals surface area contributed by atoms with Crippen molar-refractivity contribution in [1.82, 2.24) is 19.7 Å². The van der Waals surface area contributed by atoms with Gasteiger partial charge in [-0.2, -0.15) is 13.9 Å². The standard InChI is InChI=1S/C22H20F2N4O2/c1-27(15-20(29)10-16-5-3-2-4-6-16)21(30)19-9-17(11-25-13-19)7-8-18-12-26-28(14-18)22(23)24/h2-6,9,11-14,20,22,29H,10,15H2,1H3/t20-/m0/s1. The Morgan fingerprint density at radius 2 is 1.90 bits per heavy atom. The van der Waals surface area contributed by atoms with Gasteiger partial charge in [-0.05, 0) is 11.6 Å². The van der Waals surface area contributed by atoms with Crippen LogP contribution in [0.5, 0.6) is 0 Å². The third-order valence-corrected chi connectivity index (χ3v) is 4.28. The predicted octanol–water partition coefficient (Wildman–Crippen LogP) is 2.75. The number of pyridine rings is 1. The summed E-state index contributed by atoms with van der Waals surface area (Å²) in [6.45, 7) is -2.56. The summed E-state index contributed by atoms with van der Waals surface area (Å²) in [4.78, 5) is 18.1. The van der Waals surface area contributed by atoms with Gasteiger partial charge in [-0.15, -0.1) is 0 Å². The molecule has 6 nitrogen and oxygen atoms in total. The molecule has 1 atom stereocenters. The van der Waals surface area contributed by atoms with Crippen molar-refractivity contribution < 1.29 is 18.7 Å². The quantitative estimate of drug-likeness (QED) is 0.635. The summed E-state index contributed by atoms with van der Waals surface area (Å²) in [6, 6.07) is 11.1. The Labute approximate surface area is 172 Å². The highest BCUT2D eigenvalue weighted by Crippen LogP contribution is 2.10. The smallest absolute Gasteiger partial charge is 0.333 e. The molecule has 0 spiro atoms. The highest BCUT2D eigenvalue weighted by molar-refractivity contribution is 5.94. The number of benzene rings is 1. The summed E-state index contributed by atoms with van der Waals surface area (Å²) in [6.07, 6.45) is 5.01. The normalized spacial score (nSPS) is 11.6. The molecule has 0 aliphatic rings. The Balaban J connectivity index is 1.64. The predicted molar refractivity (Wildman–Crippen MR) is 107 cm³/mol. The van der Waals surface area contributed by atoms with E-state index in [1.807, 2.05) is 30.3 Å². The third kappa shape index (κ3) is 5.72. The van der Waals surface area contributed by atoms with E-state index in [4.69, 9.17) is 0 Å². The molecule has 30 heavy (non-hydrogen) atoms. The van der Waals surface area contributed by atoms with E-state index in [9.17, 15) is 18.7 Å². The number of carbonyl (C=O) groups excluding carboxylic acids is 1. The van der Waals surface area contributed by atoms with Crippen LogP contribution in [-0.4, -0.2) is 50.4 Å². The lowest BCUT2D eigenvalue weighted by Gasteiger charge is -2.21. The van der Waals surface area contributed by atoms with Crippen LogP contribution in [0.25, 0.3) is 0 Å². The maximum atomic E-state index is 12.7. The van der Waals surface area contributed by atoms with Gasteiger partial charge in [0.2, 0.25) is 0 Å². The Kier molecular flexibility index (Phi) is 6.88. The monoisotopic (exact) mass is 410 g/mol. The van der Waals surface area contributed by atoms with Gasteiger partial charge in [0.15, 0.2) is 0 Å². The first-order valence-corrected chi connectivity index (χ1v) is 9.19. The number of carbonyl (C=O) groups is 1. The van der Waals surface area contributed by atoms with E-state index < -0.39 is 12.7 Å². The molecule has 0 aliphatic heterocycles. The number of nitrogens with zero attached hydrogens (tertiary/aromatic N) is 4. The summed E-state index contributed by atoms with van der Waals surface area (Å²) >= 11 is 0. The topological polar surface area (TPSA) is 71.2 Å². The van der Waals surface area contributed by atoms with Crippen molar-refractivity contribution in [2.24, 2.45) is 0 Å². The fraction of sp³-hybridized carbons (Fsp3) is 0.227. The molecule has 3 aromatic rings. The van der Waals surface area contributed by atoms with E-state index in [1.54, 1.807) is 13.1 Å². The minimum absolute atomic E-state index is 0.163. The van der Waals surface area contributed by atoms with E-state index in [-0.39, 0.29) is 12.5 Å². The minimum Gasteiger partial charge on any atom is -0.391 e. The highest BCUT2D eigenvalue weighted by Gasteiger charge is 2.16. The summed E-state index contributed by atoms with van der Waals surface area (Å²) in [7, 11) is 1.60. The Hall–Kier alpha value is -3.57. The number of likely N-dealkylation sites (N-methyl/N-ethyl adjacent to an activating group) is 1. The Bertz CT molecular complexity index is 1060. The van der Waals surface area contributed by atoms with Gasteiger partial charge < -0.3 is 10.0 Å². The lowest BCUT2D eigenvalue weighted by Crippen LogP contribution is -2.35. The number of hydrogen-bond acceptors (Lipinski definition) is 4. The number of alkyl halides is 2. The van der Waals surface area contributed by atoms with Gasteiger partial charge in [0, 0.05) is 44.2 Å². The molecule has 0 aliphatic carbocycles.